The molecule has 1 aliphatic rings. The lowest BCUT2D eigenvalue weighted by molar-refractivity contribution is -0.119. The molecule has 0 aromatic heterocycles. The Morgan fingerprint density at radius 3 is 2.36 bits per heavy atom. The predicted molar refractivity (Wildman–Crippen MR) is 93.0 cm³/mol. The molecule has 1 atom stereocenters. The van der Waals surface area contributed by atoms with E-state index in [-0.39, 0.29) is 11.9 Å². The molecule has 0 radical (unpaired) electrons. The quantitative estimate of drug-likeness (QED) is 0.798. The molecule has 1 saturated heterocycles. The van der Waals surface area contributed by atoms with E-state index in [1.54, 1.807) is 17.0 Å². The minimum Gasteiger partial charge on any atom is -0.332 e. The number of rotatable bonds is 3. The maximum Gasteiger partial charge on any atom is 0.255 e. The van der Waals surface area contributed by atoms with Crippen molar-refractivity contribution in [2.45, 2.75) is 19.5 Å². The van der Waals surface area contributed by atoms with E-state index < -0.39 is 0 Å². The second-order valence-corrected chi connectivity index (χ2v) is 6.02. The fraction of sp³-hybridized carbons (Fsp3) is 0.176. The Morgan fingerprint density at radius 1 is 1.09 bits per heavy atom. The SMILES string of the molecule is C[C@H]1C(=O)N(c2ccc(Cl)cc2)C(=S)N1Cc1ccccc1. The number of amides is 1. The molecule has 3 nitrogen and oxygen atoms in total. The molecule has 0 spiro atoms. The van der Waals surface area contributed by atoms with Gasteiger partial charge in [0.1, 0.15) is 6.04 Å². The fourth-order valence-electron chi connectivity index (χ4n) is 2.52. The van der Waals surface area contributed by atoms with Crippen LogP contribution in [0.25, 0.3) is 0 Å². The molecule has 0 saturated carbocycles. The van der Waals surface area contributed by atoms with Crippen molar-refractivity contribution in [2.75, 3.05) is 4.90 Å². The van der Waals surface area contributed by atoms with Gasteiger partial charge in [-0.1, -0.05) is 41.9 Å². The second-order valence-electron chi connectivity index (χ2n) is 5.22. The Bertz CT molecular complexity index is 702. The third-order valence-corrected chi connectivity index (χ3v) is 4.43. The van der Waals surface area contributed by atoms with E-state index >= 15 is 0 Å². The predicted octanol–water partition coefficient (Wildman–Crippen LogP) is 3.86. The minimum atomic E-state index is -0.275. The number of hydrogen-bond donors (Lipinski definition) is 0. The zero-order chi connectivity index (χ0) is 15.7. The molecule has 1 amide bonds. The van der Waals surface area contributed by atoms with Crippen LogP contribution in [0, 0.1) is 0 Å². The normalized spacial score (nSPS) is 18.2. The molecule has 5 heteroatoms. The second kappa shape index (κ2) is 6.07. The Labute approximate surface area is 140 Å². The largest absolute Gasteiger partial charge is 0.332 e. The Hall–Kier alpha value is -1.91. The van der Waals surface area contributed by atoms with Crippen molar-refractivity contribution in [3.05, 3.63) is 65.2 Å². The Morgan fingerprint density at radius 2 is 1.73 bits per heavy atom. The molecule has 0 bridgehead atoms. The van der Waals surface area contributed by atoms with Crippen LogP contribution >= 0.6 is 23.8 Å². The minimum absolute atomic E-state index is 0.0109. The first-order valence-electron chi connectivity index (χ1n) is 7.02. The number of carbonyl (C=O) groups is 1. The zero-order valence-corrected chi connectivity index (χ0v) is 13.6. The van der Waals surface area contributed by atoms with E-state index in [9.17, 15) is 4.79 Å². The van der Waals surface area contributed by atoms with E-state index in [2.05, 4.69) is 0 Å². The van der Waals surface area contributed by atoms with Crippen LogP contribution in [0.15, 0.2) is 54.6 Å². The number of benzene rings is 2. The van der Waals surface area contributed by atoms with Crippen molar-refractivity contribution < 1.29 is 4.79 Å². The van der Waals surface area contributed by atoms with Gasteiger partial charge in [-0.3, -0.25) is 9.69 Å². The number of carbonyl (C=O) groups excluding carboxylic acids is 1. The lowest BCUT2D eigenvalue weighted by atomic mass is 10.2. The Balaban J connectivity index is 1.87. The molecule has 1 fully saturated rings. The molecular formula is C17H15ClN2OS. The van der Waals surface area contributed by atoms with Crippen LogP contribution in [0.1, 0.15) is 12.5 Å². The van der Waals surface area contributed by atoms with Crippen molar-refractivity contribution in [3.8, 4) is 0 Å². The van der Waals surface area contributed by atoms with Crippen molar-refractivity contribution in [1.82, 2.24) is 4.90 Å². The lowest BCUT2D eigenvalue weighted by Gasteiger charge is -2.22. The van der Waals surface area contributed by atoms with Gasteiger partial charge in [0.25, 0.3) is 5.91 Å². The first-order chi connectivity index (χ1) is 10.6. The monoisotopic (exact) mass is 330 g/mol. The summed E-state index contributed by atoms with van der Waals surface area (Å²) in [6.07, 6.45) is 0. The third kappa shape index (κ3) is 2.72. The van der Waals surface area contributed by atoms with Gasteiger partial charge in [0.05, 0.1) is 5.69 Å². The molecule has 22 heavy (non-hydrogen) atoms. The summed E-state index contributed by atoms with van der Waals surface area (Å²) < 4.78 is 0. The maximum absolute atomic E-state index is 12.6. The molecular weight excluding hydrogens is 316 g/mol. The van der Waals surface area contributed by atoms with Crippen molar-refractivity contribution in [2.24, 2.45) is 0 Å². The highest BCUT2D eigenvalue weighted by Gasteiger charge is 2.40. The average Bonchev–Trinajstić information content (AvgIpc) is 2.73. The lowest BCUT2D eigenvalue weighted by Crippen LogP contribution is -2.33. The van der Waals surface area contributed by atoms with Crippen molar-refractivity contribution >= 4 is 40.5 Å². The van der Waals surface area contributed by atoms with Crippen LogP contribution in [-0.2, 0) is 11.3 Å². The van der Waals surface area contributed by atoms with Gasteiger partial charge in [0, 0.05) is 11.6 Å². The molecule has 0 N–H and O–H groups in total. The van der Waals surface area contributed by atoms with Crippen molar-refractivity contribution in [3.63, 3.8) is 0 Å². The van der Waals surface area contributed by atoms with Gasteiger partial charge in [-0.2, -0.15) is 0 Å². The van der Waals surface area contributed by atoms with Gasteiger partial charge in [-0.15, -0.1) is 0 Å². The Kier molecular flexibility index (Phi) is 4.14. The van der Waals surface area contributed by atoms with Gasteiger partial charge in [-0.05, 0) is 49.0 Å². The molecule has 2 aromatic carbocycles. The summed E-state index contributed by atoms with van der Waals surface area (Å²) in [7, 11) is 0. The summed E-state index contributed by atoms with van der Waals surface area (Å²) in [6, 6.07) is 16.9. The van der Waals surface area contributed by atoms with E-state index in [0.717, 1.165) is 11.3 Å². The van der Waals surface area contributed by atoms with Gasteiger partial charge in [-0.25, -0.2) is 0 Å². The molecule has 1 heterocycles. The molecule has 112 valence electrons. The van der Waals surface area contributed by atoms with Crippen LogP contribution in [0.5, 0.6) is 0 Å². The molecule has 3 rings (SSSR count). The van der Waals surface area contributed by atoms with Crippen molar-refractivity contribution in [1.29, 1.82) is 0 Å². The molecule has 2 aromatic rings. The number of thiocarbonyl (C=S) groups is 1. The van der Waals surface area contributed by atoms with Gasteiger partial charge < -0.3 is 4.90 Å². The fourth-order valence-corrected chi connectivity index (χ4v) is 3.07. The van der Waals surface area contributed by atoms with E-state index in [1.165, 1.54) is 0 Å². The number of halogens is 1. The summed E-state index contributed by atoms with van der Waals surface area (Å²) in [4.78, 5) is 16.1. The summed E-state index contributed by atoms with van der Waals surface area (Å²) in [5.74, 6) is -0.0109. The van der Waals surface area contributed by atoms with Gasteiger partial charge in [0.2, 0.25) is 0 Å². The average molecular weight is 331 g/mol. The number of hydrogen-bond acceptors (Lipinski definition) is 2. The van der Waals surface area contributed by atoms with E-state index in [1.807, 2.05) is 54.3 Å². The first-order valence-corrected chi connectivity index (χ1v) is 7.80. The highest BCUT2D eigenvalue weighted by molar-refractivity contribution is 7.80. The number of anilines is 1. The van der Waals surface area contributed by atoms with Crippen LogP contribution in [-0.4, -0.2) is 22.0 Å². The molecule has 0 unspecified atom stereocenters. The summed E-state index contributed by atoms with van der Waals surface area (Å²) in [5.41, 5.74) is 1.88. The van der Waals surface area contributed by atoms with Crippen LogP contribution in [0.2, 0.25) is 5.02 Å². The van der Waals surface area contributed by atoms with Gasteiger partial charge >= 0.3 is 0 Å². The highest BCUT2D eigenvalue weighted by Crippen LogP contribution is 2.27. The maximum atomic E-state index is 12.6. The highest BCUT2D eigenvalue weighted by atomic mass is 35.5. The summed E-state index contributed by atoms with van der Waals surface area (Å²) in [6.45, 7) is 2.50. The third-order valence-electron chi connectivity index (χ3n) is 3.76. The molecule has 1 aliphatic heterocycles. The van der Waals surface area contributed by atoms with E-state index in [4.69, 9.17) is 23.8 Å². The molecule has 0 aliphatic carbocycles. The smallest absolute Gasteiger partial charge is 0.255 e. The van der Waals surface area contributed by atoms with Crippen LogP contribution < -0.4 is 4.90 Å². The van der Waals surface area contributed by atoms with Crippen LogP contribution in [0.3, 0.4) is 0 Å². The number of nitrogens with zero attached hydrogens (tertiary/aromatic N) is 2. The van der Waals surface area contributed by atoms with Crippen LogP contribution in [0.4, 0.5) is 5.69 Å². The van der Waals surface area contributed by atoms with Gasteiger partial charge in [0.15, 0.2) is 5.11 Å². The zero-order valence-electron chi connectivity index (χ0n) is 12.1. The summed E-state index contributed by atoms with van der Waals surface area (Å²) >= 11 is 11.4. The van der Waals surface area contributed by atoms with E-state index in [0.29, 0.717) is 16.7 Å². The topological polar surface area (TPSA) is 23.6 Å². The summed E-state index contributed by atoms with van der Waals surface area (Å²) in [5, 5.41) is 1.17. The standard InChI is InChI=1S/C17H15ClN2OS/c1-12-16(21)20(15-9-7-14(18)8-10-15)17(22)19(12)11-13-5-3-2-4-6-13/h2-10,12H,11H2,1H3/t12-/m0/s1. The first kappa shape index (κ1) is 15.0.